The minimum atomic E-state index is -3.68. The quantitative estimate of drug-likeness (QED) is 0.584. The van der Waals surface area contributed by atoms with Crippen LogP contribution in [-0.2, 0) is 21.3 Å². The molecule has 1 aromatic heterocycles. The van der Waals surface area contributed by atoms with E-state index in [-0.39, 0.29) is 29.6 Å². The number of nitrogens with zero attached hydrogens (tertiary/aromatic N) is 1. The lowest BCUT2D eigenvalue weighted by molar-refractivity contribution is -0.0680. The lowest BCUT2D eigenvalue weighted by Crippen LogP contribution is -2.46. The predicted molar refractivity (Wildman–Crippen MR) is 113 cm³/mol. The summed E-state index contributed by atoms with van der Waals surface area (Å²) in [4.78, 5) is 14.8. The zero-order valence-electron chi connectivity index (χ0n) is 17.3. The molecule has 30 heavy (non-hydrogen) atoms. The molecule has 1 fully saturated rings. The van der Waals surface area contributed by atoms with Gasteiger partial charge in [-0.25, -0.2) is 13.1 Å². The van der Waals surface area contributed by atoms with Gasteiger partial charge in [0, 0.05) is 31.7 Å². The van der Waals surface area contributed by atoms with E-state index in [1.807, 2.05) is 0 Å². The number of hydrogen-bond donors (Lipinski definition) is 2. The van der Waals surface area contributed by atoms with Crippen molar-refractivity contribution >= 4 is 15.9 Å². The second-order valence-electron chi connectivity index (χ2n) is 7.55. The predicted octanol–water partition coefficient (Wildman–Crippen LogP) is 1.99. The van der Waals surface area contributed by atoms with Gasteiger partial charge in [0.05, 0.1) is 29.9 Å². The average molecular weight is 436 g/mol. The number of sulfonamides is 1. The number of carbonyl (C=O) groups excluding carboxylic acids is 1. The Balaban J connectivity index is 1.44. The van der Waals surface area contributed by atoms with Crippen LogP contribution in [0, 0.1) is 0 Å². The first kappa shape index (κ1) is 22.5. The monoisotopic (exact) mass is 435 g/mol. The van der Waals surface area contributed by atoms with Crippen LogP contribution in [0.25, 0.3) is 0 Å². The molecule has 1 amide bonds. The van der Waals surface area contributed by atoms with Gasteiger partial charge >= 0.3 is 0 Å². The van der Waals surface area contributed by atoms with Crippen LogP contribution in [0.2, 0.25) is 0 Å². The molecule has 2 atom stereocenters. The molecule has 2 N–H and O–H groups in total. The third-order valence-electron chi connectivity index (χ3n) is 4.88. The zero-order chi connectivity index (χ0) is 21.6. The van der Waals surface area contributed by atoms with E-state index in [4.69, 9.17) is 9.15 Å². The smallest absolute Gasteiger partial charge is 0.251 e. The fraction of sp³-hybridized carbons (Fsp3) is 0.476. The lowest BCUT2D eigenvalue weighted by Gasteiger charge is -2.35. The standard InChI is InChI=1S/C21H29N3O5S/c1-16-14-24(15-17(2)29-16)11-4-10-22-21(25)18-6-8-20(9-7-18)30(26,27)23-13-19-5-3-12-28-19/h3,5-9,12,16-17,23H,4,10-11,13-15H2,1-2H3,(H,22,25)/t16-,17+. The van der Waals surface area contributed by atoms with Gasteiger partial charge in [-0.3, -0.25) is 9.69 Å². The number of nitrogens with one attached hydrogen (secondary N) is 2. The highest BCUT2D eigenvalue weighted by Crippen LogP contribution is 2.12. The summed E-state index contributed by atoms with van der Waals surface area (Å²) in [6.45, 7) is 7.48. The van der Waals surface area contributed by atoms with E-state index in [1.54, 1.807) is 12.1 Å². The summed E-state index contributed by atoms with van der Waals surface area (Å²) in [6, 6.07) is 9.27. The fourth-order valence-corrected chi connectivity index (χ4v) is 4.52. The van der Waals surface area contributed by atoms with E-state index in [9.17, 15) is 13.2 Å². The highest BCUT2D eigenvalue weighted by molar-refractivity contribution is 7.89. The summed E-state index contributed by atoms with van der Waals surface area (Å²) in [7, 11) is -3.68. The Bertz CT molecular complexity index is 903. The van der Waals surface area contributed by atoms with Crippen LogP contribution in [0.4, 0.5) is 0 Å². The van der Waals surface area contributed by atoms with E-state index < -0.39 is 10.0 Å². The minimum Gasteiger partial charge on any atom is -0.468 e. The van der Waals surface area contributed by atoms with Crippen molar-refractivity contribution in [2.45, 2.75) is 43.9 Å². The molecule has 1 aromatic carbocycles. The molecule has 0 spiro atoms. The number of ether oxygens (including phenoxy) is 1. The van der Waals surface area contributed by atoms with Gasteiger partial charge in [0.2, 0.25) is 10.0 Å². The van der Waals surface area contributed by atoms with Crippen molar-refractivity contribution in [1.29, 1.82) is 0 Å². The van der Waals surface area contributed by atoms with Gasteiger partial charge in [-0.2, -0.15) is 0 Å². The maximum absolute atomic E-state index is 12.3. The first-order valence-electron chi connectivity index (χ1n) is 10.1. The molecule has 1 aliphatic rings. The van der Waals surface area contributed by atoms with E-state index >= 15 is 0 Å². The summed E-state index contributed by atoms with van der Waals surface area (Å²) in [5, 5.41) is 2.89. The SMILES string of the molecule is C[C@@H]1CN(CCCNC(=O)c2ccc(S(=O)(=O)NCc3ccco3)cc2)C[C@H](C)O1. The molecule has 164 valence electrons. The van der Waals surface area contributed by atoms with Gasteiger partial charge in [0.25, 0.3) is 5.91 Å². The van der Waals surface area contributed by atoms with Crippen LogP contribution in [0.5, 0.6) is 0 Å². The van der Waals surface area contributed by atoms with Crippen molar-refractivity contribution in [2.24, 2.45) is 0 Å². The van der Waals surface area contributed by atoms with Gasteiger partial charge in [0.15, 0.2) is 0 Å². The highest BCUT2D eigenvalue weighted by Gasteiger charge is 2.21. The van der Waals surface area contributed by atoms with E-state index in [0.717, 1.165) is 26.1 Å². The molecule has 0 aliphatic carbocycles. The summed E-state index contributed by atoms with van der Waals surface area (Å²) >= 11 is 0. The number of benzene rings is 1. The van der Waals surface area contributed by atoms with E-state index in [0.29, 0.717) is 17.9 Å². The molecule has 2 heterocycles. The fourth-order valence-electron chi connectivity index (χ4n) is 3.52. The first-order valence-corrected chi connectivity index (χ1v) is 11.6. The largest absolute Gasteiger partial charge is 0.468 e. The lowest BCUT2D eigenvalue weighted by atomic mass is 10.2. The second-order valence-corrected chi connectivity index (χ2v) is 9.32. The Hall–Kier alpha value is -2.20. The van der Waals surface area contributed by atoms with Crippen molar-refractivity contribution in [2.75, 3.05) is 26.2 Å². The third-order valence-corrected chi connectivity index (χ3v) is 6.29. The normalized spacial score (nSPS) is 20.2. The molecular weight excluding hydrogens is 406 g/mol. The Kier molecular flexibility index (Phi) is 7.65. The molecule has 0 radical (unpaired) electrons. The maximum Gasteiger partial charge on any atom is 0.251 e. The van der Waals surface area contributed by atoms with Crippen molar-refractivity contribution in [3.8, 4) is 0 Å². The van der Waals surface area contributed by atoms with Crippen LogP contribution in [0.1, 0.15) is 36.4 Å². The van der Waals surface area contributed by atoms with Gasteiger partial charge in [-0.1, -0.05) is 0 Å². The Morgan fingerprint density at radius 2 is 1.83 bits per heavy atom. The molecule has 8 nitrogen and oxygen atoms in total. The molecule has 1 saturated heterocycles. The number of carbonyl (C=O) groups is 1. The average Bonchev–Trinajstić information content (AvgIpc) is 3.23. The zero-order valence-corrected chi connectivity index (χ0v) is 18.2. The molecular formula is C21H29N3O5S. The molecule has 0 bridgehead atoms. The third kappa shape index (κ3) is 6.40. The van der Waals surface area contributed by atoms with Crippen LogP contribution in [0.3, 0.4) is 0 Å². The number of furan rings is 1. The molecule has 3 rings (SSSR count). The van der Waals surface area contributed by atoms with Crippen molar-refractivity contribution in [1.82, 2.24) is 14.9 Å². The van der Waals surface area contributed by atoms with Gasteiger partial charge < -0.3 is 14.5 Å². The summed E-state index contributed by atoms with van der Waals surface area (Å²) in [6.07, 6.45) is 2.78. The van der Waals surface area contributed by atoms with E-state index in [2.05, 4.69) is 28.8 Å². The highest BCUT2D eigenvalue weighted by atomic mass is 32.2. The van der Waals surface area contributed by atoms with Gasteiger partial charge in [0.1, 0.15) is 5.76 Å². The van der Waals surface area contributed by atoms with Crippen LogP contribution >= 0.6 is 0 Å². The number of rotatable bonds is 9. The van der Waals surface area contributed by atoms with Crippen LogP contribution in [-0.4, -0.2) is 57.6 Å². The minimum absolute atomic E-state index is 0.0677. The molecule has 9 heteroatoms. The maximum atomic E-state index is 12.3. The second kappa shape index (κ2) is 10.2. The Morgan fingerprint density at radius 3 is 2.47 bits per heavy atom. The number of morpholine rings is 1. The molecule has 0 saturated carbocycles. The summed E-state index contributed by atoms with van der Waals surface area (Å²) < 4.78 is 38.0. The van der Waals surface area contributed by atoms with Gasteiger partial charge in [-0.15, -0.1) is 0 Å². The molecule has 0 unspecified atom stereocenters. The molecule has 1 aliphatic heterocycles. The van der Waals surface area contributed by atoms with Crippen molar-refractivity contribution in [3.05, 3.63) is 54.0 Å². The Labute approximate surface area is 177 Å². The van der Waals surface area contributed by atoms with E-state index in [1.165, 1.54) is 30.5 Å². The van der Waals surface area contributed by atoms with Crippen molar-refractivity contribution in [3.63, 3.8) is 0 Å². The number of hydrogen-bond acceptors (Lipinski definition) is 6. The van der Waals surface area contributed by atoms with Crippen molar-refractivity contribution < 1.29 is 22.4 Å². The first-order chi connectivity index (χ1) is 14.3. The topological polar surface area (TPSA) is 101 Å². The number of amides is 1. The van der Waals surface area contributed by atoms with Crippen LogP contribution < -0.4 is 10.0 Å². The summed E-state index contributed by atoms with van der Waals surface area (Å²) in [5.41, 5.74) is 0.425. The van der Waals surface area contributed by atoms with Crippen LogP contribution in [0.15, 0.2) is 52.0 Å². The molecule has 2 aromatic rings. The summed E-state index contributed by atoms with van der Waals surface area (Å²) in [5.74, 6) is 0.307. The Morgan fingerprint density at radius 1 is 1.13 bits per heavy atom. The van der Waals surface area contributed by atoms with Gasteiger partial charge in [-0.05, 0) is 56.7 Å².